The first-order chi connectivity index (χ1) is 8.56. The van der Waals surface area contributed by atoms with Gasteiger partial charge in [0.05, 0.1) is 17.6 Å². The van der Waals surface area contributed by atoms with E-state index < -0.39 is 5.97 Å². The number of aromatic nitrogens is 3. The van der Waals surface area contributed by atoms with Gasteiger partial charge in [0.2, 0.25) is 0 Å². The molecule has 18 heavy (non-hydrogen) atoms. The van der Waals surface area contributed by atoms with Crippen LogP contribution >= 0.6 is 0 Å². The van der Waals surface area contributed by atoms with Crippen LogP contribution in [0.15, 0.2) is 30.6 Å². The van der Waals surface area contributed by atoms with Crippen molar-refractivity contribution in [3.63, 3.8) is 0 Å². The monoisotopic (exact) mass is 243 g/mol. The highest BCUT2D eigenvalue weighted by Crippen LogP contribution is 2.13. The smallest absolute Gasteiger partial charge is 0.328 e. The van der Waals surface area contributed by atoms with Gasteiger partial charge in [0.15, 0.2) is 0 Å². The molecule has 92 valence electrons. The lowest BCUT2D eigenvalue weighted by atomic mass is 10.2. The lowest BCUT2D eigenvalue weighted by Crippen LogP contribution is -2.00. The van der Waals surface area contributed by atoms with Gasteiger partial charge in [-0.1, -0.05) is 0 Å². The van der Waals surface area contributed by atoms with Gasteiger partial charge in [-0.15, -0.1) is 0 Å². The van der Waals surface area contributed by atoms with Crippen LogP contribution in [-0.4, -0.2) is 25.8 Å². The molecule has 2 aromatic heterocycles. The maximum Gasteiger partial charge on any atom is 0.328 e. The topological polar surface area (TPSA) is 68.0 Å². The second kappa shape index (κ2) is 4.83. The fourth-order valence-electron chi connectivity index (χ4n) is 1.71. The van der Waals surface area contributed by atoms with Gasteiger partial charge in [-0.05, 0) is 37.6 Å². The highest BCUT2D eigenvalue weighted by molar-refractivity contribution is 5.85. The molecule has 0 unspecified atom stereocenters. The Hall–Kier alpha value is -2.43. The third-order valence-corrected chi connectivity index (χ3v) is 2.42. The predicted octanol–water partition coefficient (Wildman–Crippen LogP) is 1.98. The van der Waals surface area contributed by atoms with E-state index in [1.807, 2.05) is 26.0 Å². The summed E-state index contributed by atoms with van der Waals surface area (Å²) in [7, 11) is 0. The predicted molar refractivity (Wildman–Crippen MR) is 67.5 cm³/mol. The first-order valence-electron chi connectivity index (χ1n) is 5.46. The average Bonchev–Trinajstić information content (AvgIpc) is 2.66. The number of aliphatic carboxylic acids is 1. The average molecular weight is 243 g/mol. The lowest BCUT2D eigenvalue weighted by Gasteiger charge is -2.04. The van der Waals surface area contributed by atoms with Crippen LogP contribution in [0.25, 0.3) is 11.8 Å². The van der Waals surface area contributed by atoms with Crippen molar-refractivity contribution in [2.75, 3.05) is 0 Å². The van der Waals surface area contributed by atoms with Crippen molar-refractivity contribution in [2.45, 2.75) is 13.8 Å². The Morgan fingerprint density at radius 1 is 1.33 bits per heavy atom. The molecule has 0 aromatic carbocycles. The zero-order valence-electron chi connectivity index (χ0n) is 10.2. The Labute approximate surface area is 104 Å². The van der Waals surface area contributed by atoms with Gasteiger partial charge < -0.3 is 5.11 Å². The van der Waals surface area contributed by atoms with E-state index in [2.05, 4.69) is 10.1 Å². The number of aryl methyl sites for hydroxylation is 2. The van der Waals surface area contributed by atoms with Gasteiger partial charge in [-0.2, -0.15) is 5.10 Å². The molecule has 0 saturated heterocycles. The third kappa shape index (κ3) is 2.63. The maximum absolute atomic E-state index is 10.5. The second-order valence-electron chi connectivity index (χ2n) is 3.99. The first-order valence-corrected chi connectivity index (χ1v) is 5.46. The van der Waals surface area contributed by atoms with E-state index in [0.29, 0.717) is 0 Å². The molecule has 0 aliphatic carbocycles. The molecule has 5 heteroatoms. The zero-order chi connectivity index (χ0) is 13.1. The van der Waals surface area contributed by atoms with Crippen LogP contribution in [0, 0.1) is 13.8 Å². The molecule has 0 fully saturated rings. The van der Waals surface area contributed by atoms with Crippen LogP contribution in [-0.2, 0) is 4.79 Å². The summed E-state index contributed by atoms with van der Waals surface area (Å²) in [5, 5.41) is 12.9. The fraction of sp³-hybridized carbons (Fsp3) is 0.154. The van der Waals surface area contributed by atoms with Crippen LogP contribution in [0.3, 0.4) is 0 Å². The van der Waals surface area contributed by atoms with Crippen LogP contribution in [0.2, 0.25) is 0 Å². The SMILES string of the molecule is Cc1cc(C)n(-c2cncc(/C=C/C(=O)O)c2)n1. The van der Waals surface area contributed by atoms with Crippen molar-refractivity contribution in [1.29, 1.82) is 0 Å². The Balaban J connectivity index is 2.38. The van der Waals surface area contributed by atoms with Crippen LogP contribution in [0.1, 0.15) is 17.0 Å². The Morgan fingerprint density at radius 2 is 2.11 bits per heavy atom. The summed E-state index contributed by atoms with van der Waals surface area (Å²) in [5.41, 5.74) is 3.48. The van der Waals surface area contributed by atoms with Crippen molar-refractivity contribution >= 4 is 12.0 Å². The number of hydrogen-bond acceptors (Lipinski definition) is 3. The number of rotatable bonds is 3. The summed E-state index contributed by atoms with van der Waals surface area (Å²) in [6.45, 7) is 3.88. The lowest BCUT2D eigenvalue weighted by molar-refractivity contribution is -0.131. The summed E-state index contributed by atoms with van der Waals surface area (Å²) >= 11 is 0. The van der Waals surface area contributed by atoms with Crippen LogP contribution < -0.4 is 0 Å². The summed E-state index contributed by atoms with van der Waals surface area (Å²) in [6.07, 6.45) is 5.89. The van der Waals surface area contributed by atoms with Gasteiger partial charge in [0.25, 0.3) is 0 Å². The molecule has 0 atom stereocenters. The minimum absolute atomic E-state index is 0.724. The molecule has 0 saturated carbocycles. The first kappa shape index (κ1) is 12.0. The summed E-state index contributed by atoms with van der Waals surface area (Å²) in [4.78, 5) is 14.5. The van der Waals surface area contributed by atoms with E-state index in [0.717, 1.165) is 28.7 Å². The van der Waals surface area contributed by atoms with Crippen molar-refractivity contribution in [3.05, 3.63) is 47.6 Å². The number of nitrogens with zero attached hydrogens (tertiary/aromatic N) is 3. The molecule has 0 bridgehead atoms. The summed E-state index contributed by atoms with van der Waals surface area (Å²) in [5.74, 6) is -0.980. The van der Waals surface area contributed by atoms with Crippen molar-refractivity contribution in [1.82, 2.24) is 14.8 Å². The molecule has 0 radical (unpaired) electrons. The maximum atomic E-state index is 10.5. The molecule has 0 spiro atoms. The molecular weight excluding hydrogens is 230 g/mol. The zero-order valence-corrected chi connectivity index (χ0v) is 10.2. The third-order valence-electron chi connectivity index (χ3n) is 2.42. The number of hydrogen-bond donors (Lipinski definition) is 1. The van der Waals surface area contributed by atoms with Crippen molar-refractivity contribution in [3.8, 4) is 5.69 Å². The number of carbonyl (C=O) groups is 1. The van der Waals surface area contributed by atoms with E-state index in [4.69, 9.17) is 5.11 Å². The van der Waals surface area contributed by atoms with Gasteiger partial charge in [0.1, 0.15) is 0 Å². The minimum Gasteiger partial charge on any atom is -0.478 e. The van der Waals surface area contributed by atoms with Crippen molar-refractivity contribution in [2.24, 2.45) is 0 Å². The van der Waals surface area contributed by atoms with E-state index in [1.54, 1.807) is 17.1 Å². The molecule has 0 amide bonds. The van der Waals surface area contributed by atoms with Crippen molar-refractivity contribution < 1.29 is 9.90 Å². The van der Waals surface area contributed by atoms with E-state index >= 15 is 0 Å². The number of carboxylic acid groups (broad SMARTS) is 1. The highest BCUT2D eigenvalue weighted by atomic mass is 16.4. The van der Waals surface area contributed by atoms with Gasteiger partial charge in [-0.3, -0.25) is 4.98 Å². The van der Waals surface area contributed by atoms with E-state index in [-0.39, 0.29) is 0 Å². The molecule has 5 nitrogen and oxygen atoms in total. The molecule has 2 heterocycles. The summed E-state index contributed by atoms with van der Waals surface area (Å²) < 4.78 is 1.78. The minimum atomic E-state index is -0.980. The van der Waals surface area contributed by atoms with Gasteiger partial charge in [-0.25, -0.2) is 9.48 Å². The Kier molecular flexibility index (Phi) is 3.23. The Morgan fingerprint density at radius 3 is 2.72 bits per heavy atom. The normalized spacial score (nSPS) is 11.0. The van der Waals surface area contributed by atoms with E-state index in [1.165, 1.54) is 6.08 Å². The molecule has 1 N–H and O–H groups in total. The molecule has 0 aliphatic heterocycles. The molecule has 2 rings (SSSR count). The quantitative estimate of drug-likeness (QED) is 0.837. The Bertz CT molecular complexity index is 614. The second-order valence-corrected chi connectivity index (χ2v) is 3.99. The van der Waals surface area contributed by atoms with E-state index in [9.17, 15) is 4.79 Å². The molecule has 2 aromatic rings. The van der Waals surface area contributed by atoms with Crippen LogP contribution in [0.5, 0.6) is 0 Å². The fourth-order valence-corrected chi connectivity index (χ4v) is 1.71. The largest absolute Gasteiger partial charge is 0.478 e. The van der Waals surface area contributed by atoms with Gasteiger partial charge >= 0.3 is 5.97 Å². The molecular formula is C13H13N3O2. The summed E-state index contributed by atoms with van der Waals surface area (Å²) in [6, 6.07) is 3.81. The van der Waals surface area contributed by atoms with Crippen LogP contribution in [0.4, 0.5) is 0 Å². The van der Waals surface area contributed by atoms with Gasteiger partial charge in [0, 0.05) is 18.0 Å². The standard InChI is InChI=1S/C13H13N3O2/c1-9-5-10(2)16(15-9)12-6-11(7-14-8-12)3-4-13(17)18/h3-8H,1-2H3,(H,17,18)/b4-3+. The number of pyridine rings is 1. The highest BCUT2D eigenvalue weighted by Gasteiger charge is 2.04. The molecule has 0 aliphatic rings. The number of carboxylic acids is 1.